The predicted molar refractivity (Wildman–Crippen MR) is 76.4 cm³/mol. The molecular weight excluding hydrogens is 340 g/mol. The molecule has 0 saturated carbocycles. The molecule has 0 aliphatic carbocycles. The molecule has 8 heteroatoms. The van der Waals surface area contributed by atoms with Crippen LogP contribution in [-0.4, -0.2) is 32.7 Å². The first-order chi connectivity index (χ1) is 8.09. The lowest BCUT2D eigenvalue weighted by atomic mass is 10.1. The SMILES string of the molecule is CC(C)(CNC(=O)c1ccc(Br)s1)NS(C)(=O)=O. The molecule has 0 bridgehead atoms. The van der Waals surface area contributed by atoms with Gasteiger partial charge < -0.3 is 5.32 Å². The van der Waals surface area contributed by atoms with E-state index in [0.29, 0.717) is 4.88 Å². The van der Waals surface area contributed by atoms with E-state index in [9.17, 15) is 13.2 Å². The summed E-state index contributed by atoms with van der Waals surface area (Å²) in [7, 11) is -3.30. The molecule has 1 heterocycles. The normalized spacial score (nSPS) is 12.4. The fourth-order valence-electron chi connectivity index (χ4n) is 1.36. The summed E-state index contributed by atoms with van der Waals surface area (Å²) in [4.78, 5) is 12.4. The minimum absolute atomic E-state index is 0.214. The first kappa shape index (κ1) is 15.6. The quantitative estimate of drug-likeness (QED) is 0.842. The Hall–Kier alpha value is -0.440. The number of thiophene rings is 1. The minimum atomic E-state index is -3.30. The molecule has 1 amide bonds. The molecule has 0 atom stereocenters. The Morgan fingerprint density at radius 2 is 2.06 bits per heavy atom. The molecule has 1 rings (SSSR count). The number of amides is 1. The highest BCUT2D eigenvalue weighted by atomic mass is 79.9. The summed E-state index contributed by atoms with van der Waals surface area (Å²) >= 11 is 4.60. The van der Waals surface area contributed by atoms with Crippen LogP contribution in [0.1, 0.15) is 23.5 Å². The van der Waals surface area contributed by atoms with Crippen molar-refractivity contribution in [1.82, 2.24) is 10.0 Å². The smallest absolute Gasteiger partial charge is 0.261 e. The van der Waals surface area contributed by atoms with Gasteiger partial charge in [-0.05, 0) is 41.9 Å². The first-order valence-electron chi connectivity index (χ1n) is 5.11. The van der Waals surface area contributed by atoms with Crippen molar-refractivity contribution in [3.8, 4) is 0 Å². The standard InChI is InChI=1S/C10H15BrN2O3S2/c1-10(2,13-18(3,15)16)6-12-9(14)7-4-5-8(11)17-7/h4-5,13H,6H2,1-3H3,(H,12,14). The number of sulfonamides is 1. The predicted octanol–water partition coefficient (Wildman–Crippen LogP) is 1.57. The molecule has 102 valence electrons. The van der Waals surface area contributed by atoms with Gasteiger partial charge in [-0.25, -0.2) is 13.1 Å². The Bertz CT molecular complexity index is 537. The summed E-state index contributed by atoms with van der Waals surface area (Å²) in [6, 6.07) is 3.50. The lowest BCUT2D eigenvalue weighted by molar-refractivity contribution is 0.0948. The summed E-state index contributed by atoms with van der Waals surface area (Å²) in [5, 5.41) is 2.70. The third kappa shape index (κ3) is 5.47. The maximum Gasteiger partial charge on any atom is 0.261 e. The van der Waals surface area contributed by atoms with Gasteiger partial charge in [-0.3, -0.25) is 4.79 Å². The number of nitrogens with one attached hydrogen (secondary N) is 2. The van der Waals surface area contributed by atoms with Crippen LogP contribution in [0.3, 0.4) is 0 Å². The van der Waals surface area contributed by atoms with Crippen molar-refractivity contribution >= 4 is 43.2 Å². The van der Waals surface area contributed by atoms with Crippen LogP contribution in [0.5, 0.6) is 0 Å². The van der Waals surface area contributed by atoms with Gasteiger partial charge in [0.05, 0.1) is 14.9 Å². The summed E-state index contributed by atoms with van der Waals surface area (Å²) in [6.45, 7) is 3.63. The van der Waals surface area contributed by atoms with E-state index in [1.54, 1.807) is 26.0 Å². The van der Waals surface area contributed by atoms with Crippen molar-refractivity contribution in [3.63, 3.8) is 0 Å². The van der Waals surface area contributed by atoms with Gasteiger partial charge >= 0.3 is 0 Å². The summed E-state index contributed by atoms with van der Waals surface area (Å²) < 4.78 is 25.6. The fourth-order valence-corrected chi connectivity index (χ4v) is 3.74. The van der Waals surface area contributed by atoms with E-state index >= 15 is 0 Å². The highest BCUT2D eigenvalue weighted by Gasteiger charge is 2.23. The van der Waals surface area contributed by atoms with Crippen molar-refractivity contribution in [2.75, 3.05) is 12.8 Å². The van der Waals surface area contributed by atoms with Gasteiger partial charge in [0.2, 0.25) is 10.0 Å². The second-order valence-corrected chi connectivity index (χ2v) is 8.76. The van der Waals surface area contributed by atoms with Gasteiger partial charge in [-0.1, -0.05) is 0 Å². The molecule has 0 spiro atoms. The Labute approximate surface area is 119 Å². The van der Waals surface area contributed by atoms with Gasteiger partial charge in [-0.2, -0.15) is 0 Å². The Kier molecular flexibility index (Phi) is 4.93. The second kappa shape index (κ2) is 5.68. The molecule has 1 aromatic heterocycles. The van der Waals surface area contributed by atoms with Crippen molar-refractivity contribution in [2.45, 2.75) is 19.4 Å². The van der Waals surface area contributed by atoms with Gasteiger partial charge in [-0.15, -0.1) is 11.3 Å². The maximum absolute atomic E-state index is 11.8. The van der Waals surface area contributed by atoms with Crippen molar-refractivity contribution < 1.29 is 13.2 Å². The molecule has 0 fully saturated rings. The third-order valence-corrected chi connectivity index (χ3v) is 4.50. The Morgan fingerprint density at radius 3 is 2.50 bits per heavy atom. The molecule has 5 nitrogen and oxygen atoms in total. The third-order valence-electron chi connectivity index (χ3n) is 1.95. The average molecular weight is 355 g/mol. The van der Waals surface area contributed by atoms with Crippen LogP contribution in [0.2, 0.25) is 0 Å². The maximum atomic E-state index is 11.8. The topological polar surface area (TPSA) is 75.3 Å². The highest BCUT2D eigenvalue weighted by Crippen LogP contribution is 2.21. The summed E-state index contributed by atoms with van der Waals surface area (Å²) in [6.07, 6.45) is 1.09. The number of rotatable bonds is 5. The number of carbonyl (C=O) groups is 1. The number of halogens is 1. The molecule has 1 aromatic rings. The molecule has 2 N–H and O–H groups in total. The Balaban J connectivity index is 2.57. The number of hydrogen-bond acceptors (Lipinski definition) is 4. The molecule has 18 heavy (non-hydrogen) atoms. The second-order valence-electron chi connectivity index (χ2n) is 4.54. The number of carbonyl (C=O) groups excluding carboxylic acids is 1. The van der Waals surface area contributed by atoms with Gasteiger partial charge in [0.1, 0.15) is 0 Å². The van der Waals surface area contributed by atoms with Gasteiger partial charge in [0, 0.05) is 12.1 Å². The van der Waals surface area contributed by atoms with E-state index in [0.717, 1.165) is 10.0 Å². The molecule has 0 aliphatic rings. The van der Waals surface area contributed by atoms with Gasteiger partial charge in [0.15, 0.2) is 0 Å². The van der Waals surface area contributed by atoms with Crippen LogP contribution >= 0.6 is 27.3 Å². The lowest BCUT2D eigenvalue weighted by Crippen LogP contribution is -2.50. The number of hydrogen-bond donors (Lipinski definition) is 2. The van der Waals surface area contributed by atoms with Crippen LogP contribution in [0.4, 0.5) is 0 Å². The van der Waals surface area contributed by atoms with Crippen LogP contribution < -0.4 is 10.0 Å². The molecule has 0 saturated heterocycles. The molecule has 0 radical (unpaired) electrons. The van der Waals surface area contributed by atoms with E-state index in [1.807, 2.05) is 0 Å². The van der Waals surface area contributed by atoms with Crippen molar-refractivity contribution in [1.29, 1.82) is 0 Å². The Morgan fingerprint density at radius 1 is 1.44 bits per heavy atom. The first-order valence-corrected chi connectivity index (χ1v) is 8.62. The van der Waals surface area contributed by atoms with E-state index in [2.05, 4.69) is 26.0 Å². The zero-order valence-electron chi connectivity index (χ0n) is 10.3. The van der Waals surface area contributed by atoms with Crippen LogP contribution in [0.25, 0.3) is 0 Å². The van der Waals surface area contributed by atoms with Crippen LogP contribution in [-0.2, 0) is 10.0 Å². The lowest BCUT2D eigenvalue weighted by Gasteiger charge is -2.25. The van der Waals surface area contributed by atoms with Gasteiger partial charge in [0.25, 0.3) is 5.91 Å². The summed E-state index contributed by atoms with van der Waals surface area (Å²) in [5.41, 5.74) is -0.724. The summed E-state index contributed by atoms with van der Waals surface area (Å²) in [5.74, 6) is -0.214. The largest absolute Gasteiger partial charge is 0.349 e. The monoisotopic (exact) mass is 354 g/mol. The zero-order valence-corrected chi connectivity index (χ0v) is 13.5. The fraction of sp³-hybridized carbons (Fsp3) is 0.500. The molecule has 0 unspecified atom stereocenters. The molecule has 0 aromatic carbocycles. The van der Waals surface area contributed by atoms with E-state index in [1.165, 1.54) is 11.3 Å². The van der Waals surface area contributed by atoms with Crippen LogP contribution in [0, 0.1) is 0 Å². The van der Waals surface area contributed by atoms with E-state index in [-0.39, 0.29) is 12.5 Å². The van der Waals surface area contributed by atoms with Crippen LogP contribution in [0.15, 0.2) is 15.9 Å². The average Bonchev–Trinajstić information content (AvgIpc) is 2.57. The van der Waals surface area contributed by atoms with Crippen molar-refractivity contribution in [3.05, 3.63) is 20.8 Å². The molecule has 0 aliphatic heterocycles. The van der Waals surface area contributed by atoms with E-state index in [4.69, 9.17) is 0 Å². The van der Waals surface area contributed by atoms with E-state index < -0.39 is 15.6 Å². The molecular formula is C10H15BrN2O3S2. The minimum Gasteiger partial charge on any atom is -0.349 e. The zero-order chi connectivity index (χ0) is 14.0. The highest BCUT2D eigenvalue weighted by molar-refractivity contribution is 9.11. The van der Waals surface area contributed by atoms with Crippen molar-refractivity contribution in [2.24, 2.45) is 0 Å².